The smallest absolute Gasteiger partial charge is 0.212 e. The van der Waals surface area contributed by atoms with Crippen molar-refractivity contribution in [1.82, 2.24) is 29.7 Å². The van der Waals surface area contributed by atoms with Gasteiger partial charge in [-0.15, -0.1) is 16.5 Å². The first-order valence-corrected chi connectivity index (χ1v) is 7.65. The average molecular weight is 322 g/mol. The number of pyridine rings is 1. The van der Waals surface area contributed by atoms with Crippen LogP contribution in [-0.4, -0.2) is 29.7 Å². The Morgan fingerprint density at radius 2 is 2.13 bits per heavy atom. The summed E-state index contributed by atoms with van der Waals surface area (Å²) < 4.78 is 1.67. The molecule has 0 spiro atoms. The fourth-order valence-electron chi connectivity index (χ4n) is 2.05. The minimum absolute atomic E-state index is 0.444. The van der Waals surface area contributed by atoms with Crippen LogP contribution in [0.25, 0.3) is 16.2 Å². The summed E-state index contributed by atoms with van der Waals surface area (Å²) in [6.45, 7) is 0.444. The molecule has 23 heavy (non-hydrogen) atoms. The molecule has 0 amide bonds. The Balaban J connectivity index is 1.66. The molecule has 8 nitrogen and oxygen atoms in total. The molecule has 0 radical (unpaired) electrons. The number of azo groups is 1. The second kappa shape index (κ2) is 5.97. The number of fused-ring (bicyclic) bond motifs is 1. The maximum atomic E-state index is 4.32. The topological polar surface area (TPSA) is 94.1 Å². The van der Waals surface area contributed by atoms with E-state index in [9.17, 15) is 0 Å². The van der Waals surface area contributed by atoms with Gasteiger partial charge in [0.15, 0.2) is 11.5 Å². The summed E-state index contributed by atoms with van der Waals surface area (Å²) in [6.07, 6.45) is 8.33. The molecule has 4 heterocycles. The molecule has 9 heteroatoms. The van der Waals surface area contributed by atoms with E-state index in [1.54, 1.807) is 29.5 Å². The van der Waals surface area contributed by atoms with E-state index in [-0.39, 0.29) is 0 Å². The van der Waals surface area contributed by atoms with E-state index >= 15 is 0 Å². The molecule has 0 atom stereocenters. The fourth-order valence-corrected chi connectivity index (χ4v) is 2.65. The molecule has 4 aromatic heterocycles. The normalized spacial score (nSPS) is 11.5. The van der Waals surface area contributed by atoms with E-state index in [4.69, 9.17) is 0 Å². The minimum atomic E-state index is 0.444. The number of thiazole rings is 1. The highest BCUT2D eigenvalue weighted by Gasteiger charge is 2.12. The zero-order valence-electron chi connectivity index (χ0n) is 11.8. The minimum Gasteiger partial charge on any atom is -0.264 e. The molecule has 0 unspecified atom stereocenters. The maximum Gasteiger partial charge on any atom is 0.212 e. The first-order valence-electron chi connectivity index (χ1n) is 6.77. The van der Waals surface area contributed by atoms with E-state index in [0.29, 0.717) is 18.0 Å². The monoisotopic (exact) mass is 322 g/mol. The largest absolute Gasteiger partial charge is 0.264 e. The van der Waals surface area contributed by atoms with Crippen molar-refractivity contribution in [2.75, 3.05) is 0 Å². The zero-order valence-corrected chi connectivity index (χ0v) is 12.6. The molecular weight excluding hydrogens is 312 g/mol. The molecule has 0 aliphatic heterocycles. The van der Waals surface area contributed by atoms with E-state index in [0.717, 1.165) is 16.1 Å². The van der Waals surface area contributed by atoms with Crippen molar-refractivity contribution < 1.29 is 0 Å². The van der Waals surface area contributed by atoms with Gasteiger partial charge in [-0.1, -0.05) is 6.07 Å². The van der Waals surface area contributed by atoms with E-state index in [1.807, 2.05) is 17.5 Å². The third-order valence-electron chi connectivity index (χ3n) is 3.09. The van der Waals surface area contributed by atoms with Gasteiger partial charge in [0.1, 0.15) is 6.33 Å². The molecule has 4 rings (SSSR count). The molecule has 0 aliphatic carbocycles. The summed E-state index contributed by atoms with van der Waals surface area (Å²) in [5, 5.41) is 16.1. The molecule has 0 aliphatic rings. The summed E-state index contributed by atoms with van der Waals surface area (Å²) >= 11 is 1.48. The Kier molecular flexibility index (Phi) is 3.53. The van der Waals surface area contributed by atoms with Gasteiger partial charge < -0.3 is 0 Å². The molecule has 0 N–H and O–H groups in total. The van der Waals surface area contributed by atoms with Gasteiger partial charge in [0.2, 0.25) is 5.13 Å². The average Bonchev–Trinajstić information content (AvgIpc) is 3.25. The van der Waals surface area contributed by atoms with Crippen molar-refractivity contribution in [2.45, 2.75) is 6.54 Å². The van der Waals surface area contributed by atoms with E-state index in [2.05, 4.69) is 35.3 Å². The van der Waals surface area contributed by atoms with Crippen LogP contribution < -0.4 is 0 Å². The number of hydrogen-bond acceptors (Lipinski definition) is 8. The number of rotatable bonds is 4. The van der Waals surface area contributed by atoms with Crippen LogP contribution >= 0.6 is 11.3 Å². The standard InChI is InChI=1S/C14H10N8S/c1-2-10(6-15-3-1)7-19-21-12-11-8-20-22(13(11)18-9-17-12)14-16-4-5-23-14/h1-6,8-9H,7H2. The molecular formula is C14H10N8S. The van der Waals surface area contributed by atoms with Gasteiger partial charge in [0, 0.05) is 24.0 Å². The van der Waals surface area contributed by atoms with Gasteiger partial charge in [-0.25, -0.2) is 15.0 Å². The first-order chi connectivity index (χ1) is 11.4. The fraction of sp³-hybridized carbons (Fsp3) is 0.0714. The van der Waals surface area contributed by atoms with Crippen LogP contribution in [0.2, 0.25) is 0 Å². The summed E-state index contributed by atoms with van der Waals surface area (Å²) in [6, 6.07) is 3.81. The number of hydrogen-bond donors (Lipinski definition) is 0. The molecule has 0 bridgehead atoms. The van der Waals surface area contributed by atoms with Crippen LogP contribution in [0.15, 0.2) is 58.9 Å². The van der Waals surface area contributed by atoms with Crippen LogP contribution in [0.1, 0.15) is 5.56 Å². The Morgan fingerprint density at radius 1 is 1.13 bits per heavy atom. The summed E-state index contributed by atoms with van der Waals surface area (Å²) in [5.74, 6) is 0.488. The predicted molar refractivity (Wildman–Crippen MR) is 84.8 cm³/mol. The quantitative estimate of drug-likeness (QED) is 0.538. The van der Waals surface area contributed by atoms with E-state index in [1.165, 1.54) is 17.7 Å². The highest BCUT2D eigenvalue weighted by molar-refractivity contribution is 7.12. The first kappa shape index (κ1) is 13.6. The van der Waals surface area contributed by atoms with Gasteiger partial charge in [0.05, 0.1) is 18.1 Å². The molecule has 4 aromatic rings. The van der Waals surface area contributed by atoms with Crippen molar-refractivity contribution in [3.63, 3.8) is 0 Å². The number of aromatic nitrogens is 6. The summed E-state index contributed by atoms with van der Waals surface area (Å²) in [7, 11) is 0. The predicted octanol–water partition coefficient (Wildman–Crippen LogP) is 2.95. The SMILES string of the molecule is c1cncc(CN=Nc2ncnc3c2cnn3-c2nccs2)c1. The Labute approximate surface area is 134 Å². The second-order valence-corrected chi connectivity index (χ2v) is 5.44. The second-order valence-electron chi connectivity index (χ2n) is 4.57. The van der Waals surface area contributed by atoms with Gasteiger partial charge in [-0.3, -0.25) is 4.98 Å². The molecule has 0 saturated heterocycles. The van der Waals surface area contributed by atoms with Crippen molar-refractivity contribution in [3.05, 3.63) is 54.2 Å². The van der Waals surface area contributed by atoms with Crippen molar-refractivity contribution in [1.29, 1.82) is 0 Å². The lowest BCUT2D eigenvalue weighted by Crippen LogP contribution is -1.96. The van der Waals surface area contributed by atoms with Gasteiger partial charge in [-0.2, -0.15) is 14.9 Å². The summed E-state index contributed by atoms with van der Waals surface area (Å²) in [4.78, 5) is 16.7. The third-order valence-corrected chi connectivity index (χ3v) is 3.83. The van der Waals surface area contributed by atoms with Crippen molar-refractivity contribution in [2.24, 2.45) is 10.2 Å². The highest BCUT2D eigenvalue weighted by Crippen LogP contribution is 2.24. The Bertz CT molecular complexity index is 946. The third kappa shape index (κ3) is 2.69. The van der Waals surface area contributed by atoms with Crippen molar-refractivity contribution in [3.8, 4) is 5.13 Å². The maximum absolute atomic E-state index is 4.32. The van der Waals surface area contributed by atoms with Gasteiger partial charge in [-0.05, 0) is 11.6 Å². The van der Waals surface area contributed by atoms with Gasteiger partial charge >= 0.3 is 0 Å². The Morgan fingerprint density at radius 3 is 2.96 bits per heavy atom. The molecule has 0 aromatic carbocycles. The molecule has 0 saturated carbocycles. The lowest BCUT2D eigenvalue weighted by molar-refractivity contribution is 0.883. The van der Waals surface area contributed by atoms with Crippen LogP contribution in [-0.2, 0) is 6.54 Å². The highest BCUT2D eigenvalue weighted by atomic mass is 32.1. The van der Waals surface area contributed by atoms with E-state index < -0.39 is 0 Å². The molecule has 112 valence electrons. The van der Waals surface area contributed by atoms with Crippen LogP contribution in [0.5, 0.6) is 0 Å². The van der Waals surface area contributed by atoms with Crippen LogP contribution in [0.4, 0.5) is 5.82 Å². The Hall–Kier alpha value is -3.07. The van der Waals surface area contributed by atoms with Crippen LogP contribution in [0, 0.1) is 0 Å². The number of nitrogens with zero attached hydrogens (tertiary/aromatic N) is 8. The van der Waals surface area contributed by atoms with Gasteiger partial charge in [0.25, 0.3) is 0 Å². The van der Waals surface area contributed by atoms with Crippen LogP contribution in [0.3, 0.4) is 0 Å². The zero-order chi connectivity index (χ0) is 15.5. The molecule has 0 fully saturated rings. The summed E-state index contributed by atoms with van der Waals surface area (Å²) in [5.41, 5.74) is 1.64. The lowest BCUT2D eigenvalue weighted by atomic mass is 10.3. The van der Waals surface area contributed by atoms with Crippen molar-refractivity contribution >= 4 is 28.2 Å². The lowest BCUT2D eigenvalue weighted by Gasteiger charge is -1.97.